The Labute approximate surface area is 222 Å². The standard InChI is InChI=1S/C21H26ClN2S.CH5N.K/c1-3-9-18(23-16-4-2)15-14-17-10-5-7-12-20(17)24-25-21-13-8-6-11-19(21)22;1-2;/h5-8,10-13,15,23H,3-4,9,14,16H2,1-2H3;2H2,1H3;/q-1;;+1/b18-15-;;. The molecule has 0 aliphatic heterocycles. The third-order valence-electron chi connectivity index (χ3n) is 3.76. The molecule has 0 aliphatic carbocycles. The van der Waals surface area contributed by atoms with Crippen LogP contribution in [0, 0.1) is 0 Å². The van der Waals surface area contributed by atoms with Crippen molar-refractivity contribution in [2.45, 2.75) is 44.4 Å². The summed E-state index contributed by atoms with van der Waals surface area (Å²) in [6.45, 7) is 5.43. The minimum atomic E-state index is 0. The Morgan fingerprint density at radius 3 is 2.43 bits per heavy atom. The molecule has 0 bridgehead atoms. The van der Waals surface area contributed by atoms with Gasteiger partial charge in [-0.05, 0) is 38.4 Å². The van der Waals surface area contributed by atoms with Crippen LogP contribution in [-0.4, -0.2) is 13.6 Å². The largest absolute Gasteiger partial charge is 1.00 e. The predicted octanol–water partition coefficient (Wildman–Crippen LogP) is 3.86. The monoisotopic (exact) mass is 443 g/mol. The molecule has 3 nitrogen and oxygen atoms in total. The Morgan fingerprint density at radius 1 is 1.07 bits per heavy atom. The number of nitrogens with one attached hydrogen (secondary N) is 1. The molecule has 0 heterocycles. The fourth-order valence-corrected chi connectivity index (χ4v) is 3.35. The van der Waals surface area contributed by atoms with Crippen LogP contribution in [0.15, 0.2) is 65.2 Å². The number of rotatable bonds is 10. The average molecular weight is 444 g/mol. The molecule has 148 valence electrons. The molecule has 3 N–H and O–H groups in total. The topological polar surface area (TPSA) is 52.2 Å². The first-order valence-corrected chi connectivity index (χ1v) is 10.6. The number of nitrogens with zero attached hydrogens (tertiary/aromatic N) is 1. The Hall–Kier alpha value is 0.0164. The van der Waals surface area contributed by atoms with E-state index in [1.54, 1.807) is 0 Å². The molecule has 0 saturated carbocycles. The molecule has 0 saturated heterocycles. The fraction of sp³-hybridized carbons (Fsp3) is 0.364. The zero-order valence-electron chi connectivity index (χ0n) is 17.5. The second-order valence-electron chi connectivity index (χ2n) is 5.85. The minimum Gasteiger partial charge on any atom is -0.627 e. The van der Waals surface area contributed by atoms with Gasteiger partial charge in [-0.25, -0.2) is 11.9 Å². The third kappa shape index (κ3) is 10.7. The van der Waals surface area contributed by atoms with Gasteiger partial charge >= 0.3 is 51.4 Å². The molecule has 6 heteroatoms. The van der Waals surface area contributed by atoms with Crippen molar-refractivity contribution in [3.63, 3.8) is 0 Å². The van der Waals surface area contributed by atoms with Crippen molar-refractivity contribution in [2.24, 2.45) is 5.73 Å². The van der Waals surface area contributed by atoms with Crippen molar-refractivity contribution in [3.05, 3.63) is 75.6 Å². The van der Waals surface area contributed by atoms with E-state index in [0.29, 0.717) is 0 Å². The normalized spacial score (nSPS) is 10.4. The van der Waals surface area contributed by atoms with Gasteiger partial charge < -0.3 is 15.8 Å². The van der Waals surface area contributed by atoms with Crippen LogP contribution in [0.3, 0.4) is 0 Å². The first-order chi connectivity index (χ1) is 13.2. The summed E-state index contributed by atoms with van der Waals surface area (Å²) < 4.78 is 4.71. The smallest absolute Gasteiger partial charge is 0.627 e. The first kappa shape index (κ1) is 28.0. The fourth-order valence-electron chi connectivity index (χ4n) is 2.44. The second kappa shape index (κ2) is 17.8. The summed E-state index contributed by atoms with van der Waals surface area (Å²) in [7, 11) is 1.50. The molecule has 28 heavy (non-hydrogen) atoms. The van der Waals surface area contributed by atoms with Crippen molar-refractivity contribution < 1.29 is 51.4 Å². The van der Waals surface area contributed by atoms with Crippen molar-refractivity contribution in [3.8, 4) is 0 Å². The molecule has 0 unspecified atom stereocenters. The van der Waals surface area contributed by atoms with Crippen molar-refractivity contribution >= 4 is 29.2 Å². The quantitative estimate of drug-likeness (QED) is 0.433. The molecule has 0 atom stereocenters. The van der Waals surface area contributed by atoms with Gasteiger partial charge in [-0.3, -0.25) is 0 Å². The minimum absolute atomic E-state index is 0. The van der Waals surface area contributed by atoms with E-state index < -0.39 is 0 Å². The van der Waals surface area contributed by atoms with Gasteiger partial charge in [0, 0.05) is 17.1 Å². The third-order valence-corrected chi connectivity index (χ3v) is 5.04. The van der Waals surface area contributed by atoms with E-state index in [9.17, 15) is 0 Å². The maximum Gasteiger partial charge on any atom is 1.00 e. The van der Waals surface area contributed by atoms with Gasteiger partial charge in [0.15, 0.2) is 0 Å². The first-order valence-electron chi connectivity index (χ1n) is 9.45. The molecule has 2 aromatic carbocycles. The molecule has 2 aromatic rings. The van der Waals surface area contributed by atoms with E-state index in [1.165, 1.54) is 30.3 Å². The summed E-state index contributed by atoms with van der Waals surface area (Å²) in [4.78, 5) is 0.978. The zero-order chi connectivity index (χ0) is 19.9. The molecule has 0 aromatic heterocycles. The van der Waals surface area contributed by atoms with Crippen LogP contribution in [0.1, 0.15) is 38.7 Å². The summed E-state index contributed by atoms with van der Waals surface area (Å²) in [5, 5.41) is 4.27. The SMILES string of the molecule is CCCN/C(=C\Cc1ccccc1[N-]Sc1ccccc1Cl)CCC.CN.[K+]. The summed E-state index contributed by atoms with van der Waals surface area (Å²) in [5.74, 6) is 0. The van der Waals surface area contributed by atoms with Gasteiger partial charge in [0.25, 0.3) is 0 Å². The molecular formula is C22H31ClKN3S. The van der Waals surface area contributed by atoms with E-state index in [0.717, 1.165) is 47.8 Å². The van der Waals surface area contributed by atoms with Crippen LogP contribution in [0.25, 0.3) is 4.72 Å². The molecule has 0 amide bonds. The Balaban J connectivity index is 0.00000235. The number of allylic oxidation sites excluding steroid dienone is 2. The van der Waals surface area contributed by atoms with E-state index in [4.69, 9.17) is 16.3 Å². The van der Waals surface area contributed by atoms with E-state index >= 15 is 0 Å². The zero-order valence-corrected chi connectivity index (χ0v) is 22.2. The van der Waals surface area contributed by atoms with Crippen molar-refractivity contribution in [1.29, 1.82) is 0 Å². The summed E-state index contributed by atoms with van der Waals surface area (Å²) in [6, 6.07) is 16.1. The maximum atomic E-state index is 6.22. The Morgan fingerprint density at radius 2 is 1.75 bits per heavy atom. The molecule has 0 fully saturated rings. The number of nitrogens with two attached hydrogens (primary N) is 1. The van der Waals surface area contributed by atoms with Gasteiger partial charge in [-0.2, -0.15) is 0 Å². The van der Waals surface area contributed by atoms with Crippen LogP contribution in [0.5, 0.6) is 0 Å². The molecular weight excluding hydrogens is 413 g/mol. The maximum absolute atomic E-state index is 6.22. The van der Waals surface area contributed by atoms with Gasteiger partial charge in [0.1, 0.15) is 0 Å². The number of hydrogen-bond acceptors (Lipinski definition) is 3. The van der Waals surface area contributed by atoms with Crippen LogP contribution in [0.4, 0.5) is 5.69 Å². The molecule has 2 rings (SSSR count). The second-order valence-corrected chi connectivity index (χ2v) is 7.06. The van der Waals surface area contributed by atoms with E-state index in [-0.39, 0.29) is 51.4 Å². The average Bonchev–Trinajstić information content (AvgIpc) is 2.71. The van der Waals surface area contributed by atoms with Crippen LogP contribution in [0.2, 0.25) is 5.02 Å². The Bertz CT molecular complexity index is 695. The van der Waals surface area contributed by atoms with Gasteiger partial charge in [0.2, 0.25) is 0 Å². The molecule has 0 aliphatic rings. The Kier molecular flexibility index (Phi) is 17.8. The molecule has 0 radical (unpaired) electrons. The summed E-state index contributed by atoms with van der Waals surface area (Å²) in [5.41, 5.74) is 8.07. The predicted molar refractivity (Wildman–Crippen MR) is 122 cm³/mol. The number of halogens is 1. The van der Waals surface area contributed by atoms with Gasteiger partial charge in [0.05, 0.1) is 5.02 Å². The number of benzene rings is 2. The van der Waals surface area contributed by atoms with E-state index in [1.807, 2.05) is 30.3 Å². The van der Waals surface area contributed by atoms with Crippen molar-refractivity contribution in [1.82, 2.24) is 5.32 Å². The van der Waals surface area contributed by atoms with Crippen molar-refractivity contribution in [2.75, 3.05) is 13.6 Å². The van der Waals surface area contributed by atoms with Gasteiger partial charge in [-0.1, -0.05) is 79.9 Å². The van der Waals surface area contributed by atoms with Crippen LogP contribution in [-0.2, 0) is 6.42 Å². The summed E-state index contributed by atoms with van der Waals surface area (Å²) in [6.07, 6.45) is 6.56. The van der Waals surface area contributed by atoms with Crippen LogP contribution >= 0.6 is 23.5 Å². The number of hydrogen-bond donors (Lipinski definition) is 2. The summed E-state index contributed by atoms with van der Waals surface area (Å²) >= 11 is 7.65. The van der Waals surface area contributed by atoms with Crippen LogP contribution < -0.4 is 62.4 Å². The molecule has 0 spiro atoms. The van der Waals surface area contributed by atoms with Gasteiger partial charge in [-0.15, -0.1) is 5.69 Å². The van der Waals surface area contributed by atoms with E-state index in [2.05, 4.69) is 49.2 Å².